The topological polar surface area (TPSA) is 223 Å². The van der Waals surface area contributed by atoms with Crippen molar-refractivity contribution in [3.05, 3.63) is 53.3 Å². The number of likely N-dealkylation sites (N-methyl/N-ethyl adjacent to an activating group) is 1. The van der Waals surface area contributed by atoms with Gasteiger partial charge in [-0.1, -0.05) is 45.9 Å². The summed E-state index contributed by atoms with van der Waals surface area (Å²) >= 11 is 0. The maximum Gasteiger partial charge on any atom is 0.312 e. The fraction of sp³-hybridized carbons (Fsp3) is 0.545. The van der Waals surface area contributed by atoms with E-state index in [1.165, 1.54) is 64.3 Å². The molecule has 6 rings (SSSR count). The molecule has 9 unspecified atom stereocenters. The number of aliphatic hydroxyl groups excluding tert-OH is 2. The zero-order chi connectivity index (χ0) is 45.1. The van der Waals surface area contributed by atoms with Crippen LogP contribution in [0.25, 0.3) is 10.8 Å². The minimum atomic E-state index is -2.04. The summed E-state index contributed by atoms with van der Waals surface area (Å²) in [6.45, 7) is 13.8. The average molecular weight is 854 g/mol. The van der Waals surface area contributed by atoms with Gasteiger partial charge in [0.1, 0.15) is 23.4 Å². The number of methoxy groups -OCH3 is 1. The van der Waals surface area contributed by atoms with E-state index in [4.69, 9.17) is 28.4 Å². The number of Topliss-reactive ketones (excluding diaryl/α,β-unsaturated/α-hetero) is 1. The largest absolute Gasteiger partial charge is 0.507 e. The molecular weight excluding hydrogens is 794 g/mol. The SMILES string of the molecule is COC1/C=C/OC2(C)Oc3c(C)c(O)c4c(O)c(cc(OCC(=O)N(C)N5CCOCC5)c4c3C2=O)NC(=O)/C(C)=C\C=C\C(C)C(O)C(C)C(O)C(C)C(OC(C)=O)C1C. The summed E-state index contributed by atoms with van der Waals surface area (Å²) in [6, 6.07) is 1.26. The number of carbonyl (C=O) groups is 4. The lowest BCUT2D eigenvalue weighted by molar-refractivity contribution is -0.160. The number of amides is 2. The Bertz CT molecular complexity index is 2090. The molecule has 1 saturated heterocycles. The molecule has 5 N–H and O–H groups in total. The molecule has 4 heterocycles. The second kappa shape index (κ2) is 19.2. The van der Waals surface area contributed by atoms with Crippen LogP contribution in [-0.2, 0) is 33.3 Å². The number of hydrogen-bond acceptors (Lipinski definition) is 15. The Morgan fingerprint density at radius 1 is 0.984 bits per heavy atom. The zero-order valence-corrected chi connectivity index (χ0v) is 36.4. The number of hydrazine groups is 1. The first-order valence-electron chi connectivity index (χ1n) is 20.3. The van der Waals surface area contributed by atoms with E-state index in [1.807, 2.05) is 0 Å². The molecule has 2 amide bonds. The van der Waals surface area contributed by atoms with Crippen LogP contribution in [-0.4, -0.2) is 131 Å². The average Bonchev–Trinajstić information content (AvgIpc) is 3.50. The predicted molar refractivity (Wildman–Crippen MR) is 223 cm³/mol. The number of nitrogens with one attached hydrogen (secondary N) is 1. The number of allylic oxidation sites excluding steroid dienone is 2. The highest BCUT2D eigenvalue weighted by molar-refractivity contribution is 6.21. The second-order valence-corrected chi connectivity index (χ2v) is 16.2. The van der Waals surface area contributed by atoms with E-state index in [0.29, 0.717) is 26.3 Å². The van der Waals surface area contributed by atoms with Gasteiger partial charge in [-0.05, 0) is 19.9 Å². The van der Waals surface area contributed by atoms with Crippen molar-refractivity contribution in [2.45, 2.75) is 85.6 Å². The number of anilines is 1. The van der Waals surface area contributed by atoms with Crippen LogP contribution in [0.5, 0.6) is 23.0 Å². The predicted octanol–water partition coefficient (Wildman–Crippen LogP) is 4.13. The molecule has 2 aromatic carbocycles. The Morgan fingerprint density at radius 3 is 2.30 bits per heavy atom. The lowest BCUT2D eigenvalue weighted by Gasteiger charge is -2.38. The molecule has 61 heavy (non-hydrogen) atoms. The number of nitrogens with zero attached hydrogens (tertiary/aromatic N) is 2. The molecule has 1 fully saturated rings. The normalized spacial score (nSPS) is 31.0. The number of rotatable bonds is 6. The van der Waals surface area contributed by atoms with Gasteiger partial charge < -0.3 is 54.2 Å². The van der Waals surface area contributed by atoms with E-state index in [9.17, 15) is 39.6 Å². The first-order chi connectivity index (χ1) is 28.7. The van der Waals surface area contributed by atoms with E-state index < -0.39 is 95.5 Å². The number of ether oxygens (including phenoxy) is 6. The summed E-state index contributed by atoms with van der Waals surface area (Å²) in [5.74, 6) is -8.24. The van der Waals surface area contributed by atoms with E-state index in [2.05, 4.69) is 5.32 Å². The number of aliphatic hydroxyl groups is 2. The van der Waals surface area contributed by atoms with Crippen molar-refractivity contribution in [3.63, 3.8) is 0 Å². The van der Waals surface area contributed by atoms with Gasteiger partial charge in [0.25, 0.3) is 17.6 Å². The van der Waals surface area contributed by atoms with Crippen LogP contribution in [0.3, 0.4) is 0 Å². The van der Waals surface area contributed by atoms with Gasteiger partial charge in [-0.2, -0.15) is 0 Å². The molecule has 17 heteroatoms. The molecule has 0 aromatic heterocycles. The zero-order valence-electron chi connectivity index (χ0n) is 36.4. The Morgan fingerprint density at radius 2 is 1.66 bits per heavy atom. The van der Waals surface area contributed by atoms with Crippen LogP contribution in [0.2, 0.25) is 0 Å². The number of morpholine rings is 1. The fourth-order valence-electron chi connectivity index (χ4n) is 7.99. The summed E-state index contributed by atoms with van der Waals surface area (Å²) < 4.78 is 35.2. The van der Waals surface area contributed by atoms with Crippen LogP contribution in [0.1, 0.15) is 64.4 Å². The van der Waals surface area contributed by atoms with Crippen molar-refractivity contribution >= 4 is 40.0 Å². The number of fused-ring (bicyclic) bond motifs is 14. The van der Waals surface area contributed by atoms with Crippen molar-refractivity contribution in [3.8, 4) is 23.0 Å². The summed E-state index contributed by atoms with van der Waals surface area (Å²) in [4.78, 5) is 53.9. The highest BCUT2D eigenvalue weighted by atomic mass is 16.7. The molecule has 0 aliphatic carbocycles. The van der Waals surface area contributed by atoms with Crippen LogP contribution in [0.15, 0.2) is 42.2 Å². The molecule has 17 nitrogen and oxygen atoms in total. The molecule has 5 bridgehead atoms. The number of ketones is 1. The third-order valence-electron chi connectivity index (χ3n) is 11.9. The van der Waals surface area contributed by atoms with Crippen LogP contribution < -0.4 is 14.8 Å². The van der Waals surface area contributed by atoms with Gasteiger partial charge in [-0.25, -0.2) is 5.01 Å². The van der Waals surface area contributed by atoms with Gasteiger partial charge in [0.2, 0.25) is 0 Å². The summed E-state index contributed by atoms with van der Waals surface area (Å²) in [6.07, 6.45) is 3.55. The number of aromatic hydroxyl groups is 2. The van der Waals surface area contributed by atoms with Crippen LogP contribution in [0.4, 0.5) is 5.69 Å². The molecule has 334 valence electrons. The highest BCUT2D eigenvalue weighted by Crippen LogP contribution is 2.54. The van der Waals surface area contributed by atoms with Crippen molar-refractivity contribution in [1.82, 2.24) is 10.0 Å². The molecule has 0 radical (unpaired) electrons. The number of benzene rings is 2. The Hall–Kier alpha value is -5.20. The maximum atomic E-state index is 14.5. The minimum absolute atomic E-state index is 0.0671. The molecule has 0 spiro atoms. The highest BCUT2D eigenvalue weighted by Gasteiger charge is 2.50. The van der Waals surface area contributed by atoms with Crippen molar-refractivity contribution in [1.29, 1.82) is 0 Å². The Kier molecular flexibility index (Phi) is 14.8. The summed E-state index contributed by atoms with van der Waals surface area (Å²) in [5, 5.41) is 51.7. The second-order valence-electron chi connectivity index (χ2n) is 16.2. The summed E-state index contributed by atoms with van der Waals surface area (Å²) in [7, 11) is 3.02. The molecular formula is C44H59N3O14. The smallest absolute Gasteiger partial charge is 0.312 e. The van der Waals surface area contributed by atoms with Crippen molar-refractivity contribution in [2.75, 3.05) is 52.4 Å². The lowest BCUT2D eigenvalue weighted by Crippen LogP contribution is -2.50. The number of esters is 1. The third kappa shape index (κ3) is 9.65. The fourth-order valence-corrected chi connectivity index (χ4v) is 7.99. The lowest BCUT2D eigenvalue weighted by atomic mass is 9.78. The van der Waals surface area contributed by atoms with E-state index >= 15 is 0 Å². The van der Waals surface area contributed by atoms with Gasteiger partial charge in [0, 0.05) is 87.4 Å². The van der Waals surface area contributed by atoms with Crippen molar-refractivity contribution in [2.24, 2.45) is 23.7 Å². The van der Waals surface area contributed by atoms with Gasteiger partial charge in [-0.15, -0.1) is 0 Å². The van der Waals surface area contributed by atoms with Gasteiger partial charge in [0.05, 0.1) is 54.4 Å². The van der Waals surface area contributed by atoms with E-state index in [-0.39, 0.29) is 44.7 Å². The van der Waals surface area contributed by atoms with Crippen LogP contribution in [0, 0.1) is 30.6 Å². The molecule has 2 aromatic rings. The van der Waals surface area contributed by atoms with E-state index in [1.54, 1.807) is 51.9 Å². The summed E-state index contributed by atoms with van der Waals surface area (Å²) in [5.41, 5.74) is -0.0578. The molecule has 0 saturated carbocycles. The number of carbonyl (C=O) groups excluding carboxylic acids is 4. The molecule has 4 aliphatic rings. The Labute approximate surface area is 355 Å². The van der Waals surface area contributed by atoms with E-state index in [0.717, 1.165) is 0 Å². The number of hydrogen-bond donors (Lipinski definition) is 5. The van der Waals surface area contributed by atoms with Crippen LogP contribution >= 0.6 is 0 Å². The first kappa shape index (κ1) is 46.9. The van der Waals surface area contributed by atoms with Gasteiger partial charge in [0.15, 0.2) is 12.4 Å². The first-order valence-corrected chi connectivity index (χ1v) is 20.3. The quantitative estimate of drug-likeness (QED) is 0.204. The minimum Gasteiger partial charge on any atom is -0.507 e. The monoisotopic (exact) mass is 853 g/mol. The standard InChI is InChI=1S/C44H59N3O14/c1-22-12-11-13-23(2)43(55)45-29-20-31(58-21-32(49)46(9)47-15-18-57-19-16-47)33-34(39(29)53)38(52)27(6)41-35(33)42(54)44(8,61-41)59-17-14-30(56-10)24(3)40(60-28(7)48)26(5)37(51)25(4)36(22)50/h11-14,17,20,22,24-26,30,36-37,40,50-53H,15-16,18-19,21H2,1-10H3,(H,45,55)/b12-11+,17-14+,23-13-. The Balaban J connectivity index is 1.65. The molecule has 4 aliphatic heterocycles. The number of phenolic OH excluding ortho intramolecular Hbond substituents is 2. The number of phenols is 2. The van der Waals surface area contributed by atoms with Gasteiger partial charge in [-0.3, -0.25) is 24.2 Å². The van der Waals surface area contributed by atoms with Crippen molar-refractivity contribution < 1.29 is 68.0 Å². The maximum absolute atomic E-state index is 14.5. The van der Waals surface area contributed by atoms with Gasteiger partial charge >= 0.3 is 11.8 Å². The molecule has 9 atom stereocenters. The third-order valence-corrected chi connectivity index (χ3v) is 11.9.